The van der Waals surface area contributed by atoms with E-state index < -0.39 is 0 Å². The minimum absolute atomic E-state index is 0.612. The summed E-state index contributed by atoms with van der Waals surface area (Å²) in [6.07, 6.45) is 7.25. The Kier molecular flexibility index (Phi) is 7.07. The maximum Gasteiger partial charge on any atom is 0.164 e. The van der Waals surface area contributed by atoms with Crippen molar-refractivity contribution in [2.45, 2.75) is 0 Å². The molecule has 256 valence electrons. The summed E-state index contributed by atoms with van der Waals surface area (Å²) >= 11 is 0. The van der Waals surface area contributed by atoms with Crippen molar-refractivity contribution in [1.82, 2.24) is 29.5 Å². The largest absolute Gasteiger partial charge is 0.309 e. The molecule has 0 saturated carbocycles. The van der Waals surface area contributed by atoms with Crippen LogP contribution in [-0.2, 0) is 0 Å². The molecule has 0 amide bonds. The Bertz CT molecular complexity index is 3000. The lowest BCUT2D eigenvalue weighted by atomic mass is 10.0. The van der Waals surface area contributed by atoms with Crippen LogP contribution in [0.15, 0.2) is 183 Å². The van der Waals surface area contributed by atoms with Gasteiger partial charge in [-0.2, -0.15) is 0 Å². The molecule has 7 aromatic carbocycles. The molecule has 4 aromatic heterocycles. The molecule has 0 N–H and O–H groups in total. The predicted octanol–water partition coefficient (Wildman–Crippen LogP) is 11.8. The average molecular weight is 703 g/mol. The van der Waals surface area contributed by atoms with E-state index in [0.29, 0.717) is 17.5 Å². The first-order chi connectivity index (χ1) is 27.3. The number of benzene rings is 7. The summed E-state index contributed by atoms with van der Waals surface area (Å²) in [6.45, 7) is 0. The molecule has 0 unspecified atom stereocenters. The third kappa shape index (κ3) is 5.15. The van der Waals surface area contributed by atoms with Gasteiger partial charge in [0.2, 0.25) is 0 Å². The van der Waals surface area contributed by atoms with Gasteiger partial charge in [0.25, 0.3) is 0 Å². The molecule has 0 bridgehead atoms. The maximum atomic E-state index is 5.19. The molecule has 0 aliphatic carbocycles. The SMILES string of the molecule is c1ccc2c(-n3c4cccc5ccc6cccc3c6c54)ccc(-c3nc(-c4ccc(-c5ccncc5)cc4)nc(-c4ccc(-c5ccncc5)cc4)n3)c2c1. The average Bonchev–Trinajstić information content (AvgIpc) is 3.61. The Hall–Kier alpha value is -7.57. The smallest absolute Gasteiger partial charge is 0.164 e. The number of hydrogen-bond acceptors (Lipinski definition) is 5. The molecule has 0 spiro atoms. The molecule has 11 aromatic rings. The van der Waals surface area contributed by atoms with Crippen LogP contribution in [0.5, 0.6) is 0 Å². The molecule has 0 saturated heterocycles. The highest BCUT2D eigenvalue weighted by atomic mass is 15.0. The van der Waals surface area contributed by atoms with Gasteiger partial charge in [0.05, 0.1) is 16.7 Å². The Morgan fingerprint density at radius 1 is 0.327 bits per heavy atom. The molecular weight excluding hydrogens is 673 g/mol. The molecule has 0 aliphatic heterocycles. The highest BCUT2D eigenvalue weighted by Gasteiger charge is 2.20. The van der Waals surface area contributed by atoms with Crippen molar-refractivity contribution in [2.24, 2.45) is 0 Å². The van der Waals surface area contributed by atoms with E-state index in [-0.39, 0.29) is 0 Å². The first-order valence-electron chi connectivity index (χ1n) is 18.3. The standard InChI is InChI=1S/C49H30N6/c1-2-8-40-39(7-1)41(21-22-42(40)55-43-9-3-5-35-15-16-36-6-4-10-44(55)46(36)45(35)43)49-53-47(37-17-11-31(12-18-37)33-23-27-50-28-24-33)52-48(54-49)38-19-13-32(14-20-38)34-25-29-51-30-26-34/h1-30H. The number of pyridine rings is 2. The van der Waals surface area contributed by atoms with Gasteiger partial charge in [0, 0.05) is 57.6 Å². The van der Waals surface area contributed by atoms with Gasteiger partial charge in [-0.1, -0.05) is 109 Å². The second kappa shape index (κ2) is 12.5. The summed E-state index contributed by atoms with van der Waals surface area (Å²) in [5, 5.41) is 7.26. The van der Waals surface area contributed by atoms with Crippen LogP contribution < -0.4 is 0 Å². The van der Waals surface area contributed by atoms with Crippen LogP contribution >= 0.6 is 0 Å². The number of aromatic nitrogens is 6. The van der Waals surface area contributed by atoms with Gasteiger partial charge in [-0.15, -0.1) is 0 Å². The summed E-state index contributed by atoms with van der Waals surface area (Å²) in [5.41, 5.74) is 10.7. The molecule has 11 rings (SSSR count). The maximum absolute atomic E-state index is 5.19. The zero-order valence-electron chi connectivity index (χ0n) is 29.5. The van der Waals surface area contributed by atoms with Crippen molar-refractivity contribution < 1.29 is 0 Å². The zero-order valence-corrected chi connectivity index (χ0v) is 29.5. The van der Waals surface area contributed by atoms with Crippen molar-refractivity contribution in [3.05, 3.63) is 183 Å². The Morgan fingerprint density at radius 3 is 1.31 bits per heavy atom. The van der Waals surface area contributed by atoms with Crippen LogP contribution in [-0.4, -0.2) is 29.5 Å². The van der Waals surface area contributed by atoms with Crippen LogP contribution in [0.1, 0.15) is 0 Å². The van der Waals surface area contributed by atoms with Crippen molar-refractivity contribution in [2.75, 3.05) is 0 Å². The first-order valence-corrected chi connectivity index (χ1v) is 18.3. The second-order valence-electron chi connectivity index (χ2n) is 13.8. The molecular formula is C49H30N6. The highest BCUT2D eigenvalue weighted by molar-refractivity contribution is 6.24. The lowest BCUT2D eigenvalue weighted by Crippen LogP contribution is -2.02. The monoisotopic (exact) mass is 702 g/mol. The molecule has 4 heterocycles. The van der Waals surface area contributed by atoms with Crippen LogP contribution in [0.25, 0.3) is 105 Å². The van der Waals surface area contributed by atoms with Gasteiger partial charge in [0.1, 0.15) is 0 Å². The lowest BCUT2D eigenvalue weighted by molar-refractivity contribution is 1.08. The topological polar surface area (TPSA) is 69.4 Å². The normalized spacial score (nSPS) is 11.6. The van der Waals surface area contributed by atoms with E-state index in [4.69, 9.17) is 15.0 Å². The van der Waals surface area contributed by atoms with Crippen LogP contribution in [0, 0.1) is 0 Å². The van der Waals surface area contributed by atoms with E-state index >= 15 is 0 Å². The van der Waals surface area contributed by atoms with E-state index in [2.05, 4.69) is 148 Å². The van der Waals surface area contributed by atoms with E-state index in [1.807, 2.05) is 49.1 Å². The number of fused-ring (bicyclic) bond motifs is 1. The Morgan fingerprint density at radius 2 is 0.782 bits per heavy atom. The third-order valence-electron chi connectivity index (χ3n) is 10.7. The third-order valence-corrected chi connectivity index (χ3v) is 10.7. The van der Waals surface area contributed by atoms with Crippen LogP contribution in [0.2, 0.25) is 0 Å². The molecule has 6 heteroatoms. The van der Waals surface area contributed by atoms with Crippen molar-refractivity contribution in [3.8, 4) is 62.1 Å². The number of rotatable bonds is 6. The van der Waals surface area contributed by atoms with Gasteiger partial charge in [0.15, 0.2) is 17.5 Å². The molecule has 0 radical (unpaired) electrons. The van der Waals surface area contributed by atoms with Crippen molar-refractivity contribution in [1.29, 1.82) is 0 Å². The van der Waals surface area contributed by atoms with Gasteiger partial charge in [-0.25, -0.2) is 15.0 Å². The minimum Gasteiger partial charge on any atom is -0.309 e. The first kappa shape index (κ1) is 31.0. The lowest BCUT2D eigenvalue weighted by Gasteiger charge is -2.15. The molecule has 6 nitrogen and oxygen atoms in total. The fraction of sp³-hybridized carbons (Fsp3) is 0. The van der Waals surface area contributed by atoms with Crippen LogP contribution in [0.4, 0.5) is 0 Å². The minimum atomic E-state index is 0.612. The molecule has 0 fully saturated rings. The Labute approximate surface area is 316 Å². The molecule has 55 heavy (non-hydrogen) atoms. The summed E-state index contributed by atoms with van der Waals surface area (Å²) in [5.74, 6) is 1.84. The van der Waals surface area contributed by atoms with E-state index in [1.165, 1.54) is 32.6 Å². The summed E-state index contributed by atoms with van der Waals surface area (Å²) in [7, 11) is 0. The zero-order chi connectivity index (χ0) is 36.3. The fourth-order valence-electron chi connectivity index (χ4n) is 8.02. The number of hydrogen-bond donors (Lipinski definition) is 0. The van der Waals surface area contributed by atoms with Gasteiger partial charge < -0.3 is 4.57 Å². The van der Waals surface area contributed by atoms with Gasteiger partial charge in [-0.3, -0.25) is 9.97 Å². The van der Waals surface area contributed by atoms with E-state index in [9.17, 15) is 0 Å². The van der Waals surface area contributed by atoms with Crippen molar-refractivity contribution >= 4 is 43.4 Å². The van der Waals surface area contributed by atoms with Crippen molar-refractivity contribution in [3.63, 3.8) is 0 Å². The summed E-state index contributed by atoms with van der Waals surface area (Å²) in [4.78, 5) is 23.8. The van der Waals surface area contributed by atoms with Gasteiger partial charge >= 0.3 is 0 Å². The quantitative estimate of drug-likeness (QED) is 0.161. The Balaban J connectivity index is 1.10. The van der Waals surface area contributed by atoms with Gasteiger partial charge in [-0.05, 0) is 86.9 Å². The molecule has 0 aliphatic rings. The highest BCUT2D eigenvalue weighted by Crippen LogP contribution is 2.41. The van der Waals surface area contributed by atoms with Crippen LogP contribution in [0.3, 0.4) is 0 Å². The molecule has 0 atom stereocenters. The van der Waals surface area contributed by atoms with E-state index in [1.54, 1.807) is 0 Å². The summed E-state index contributed by atoms with van der Waals surface area (Å²) < 4.78 is 2.41. The predicted molar refractivity (Wildman–Crippen MR) is 223 cm³/mol. The fourth-order valence-corrected chi connectivity index (χ4v) is 8.02. The summed E-state index contributed by atoms with van der Waals surface area (Å²) in [6, 6.07) is 55.4. The number of nitrogens with zero attached hydrogens (tertiary/aromatic N) is 6. The van der Waals surface area contributed by atoms with E-state index in [0.717, 1.165) is 55.4 Å². The second-order valence-corrected chi connectivity index (χ2v) is 13.8.